The molecule has 0 saturated carbocycles. The van der Waals surface area contributed by atoms with Gasteiger partial charge in [0.1, 0.15) is 0 Å². The molecule has 14 heavy (non-hydrogen) atoms. The lowest BCUT2D eigenvalue weighted by Gasteiger charge is -2.03. The topological polar surface area (TPSA) is 77.7 Å². The zero-order chi connectivity index (χ0) is 10.2. The van der Waals surface area contributed by atoms with E-state index in [0.717, 1.165) is 0 Å². The molecular weight excluding hydrogens is 224 g/mol. The van der Waals surface area contributed by atoms with Crippen LogP contribution in [0, 0.1) is 0 Å². The van der Waals surface area contributed by atoms with Gasteiger partial charge in [-0.15, -0.1) is 5.10 Å². The molecule has 78 valence electrons. The fourth-order valence-corrected chi connectivity index (χ4v) is 4.72. The van der Waals surface area contributed by atoms with Crippen molar-refractivity contribution in [3.8, 4) is 0 Å². The van der Waals surface area contributed by atoms with Crippen LogP contribution >= 0.6 is 11.8 Å². The number of aromatic nitrogens is 4. The summed E-state index contributed by atoms with van der Waals surface area (Å²) in [5.74, 6) is 0.528. The molecule has 1 atom stereocenters. The van der Waals surface area contributed by atoms with Gasteiger partial charge < -0.3 is 0 Å². The number of hydrogen-bond acceptors (Lipinski definition) is 6. The second-order valence-electron chi connectivity index (χ2n) is 3.23. The van der Waals surface area contributed by atoms with Crippen molar-refractivity contribution in [3.63, 3.8) is 0 Å². The fraction of sp³-hybridized carbons (Fsp3) is 0.833. The van der Waals surface area contributed by atoms with E-state index < -0.39 is 9.84 Å². The molecule has 2 rings (SSSR count). The summed E-state index contributed by atoms with van der Waals surface area (Å²) >= 11 is 1.43. The number of aryl methyl sites for hydroxylation is 1. The molecule has 1 aliphatic heterocycles. The van der Waals surface area contributed by atoms with Gasteiger partial charge >= 0.3 is 0 Å². The highest BCUT2D eigenvalue weighted by atomic mass is 32.2. The molecule has 1 aromatic heterocycles. The van der Waals surface area contributed by atoms with Crippen LogP contribution in [0.25, 0.3) is 0 Å². The largest absolute Gasteiger partial charge is 0.229 e. The molecule has 0 radical (unpaired) electrons. The molecular formula is C6H10N4O2S2. The van der Waals surface area contributed by atoms with Crippen molar-refractivity contribution < 1.29 is 8.42 Å². The summed E-state index contributed by atoms with van der Waals surface area (Å²) in [6.45, 7) is 0. The van der Waals surface area contributed by atoms with Crippen LogP contribution in [0.5, 0.6) is 0 Å². The van der Waals surface area contributed by atoms with Crippen LogP contribution in [0.4, 0.5) is 0 Å². The summed E-state index contributed by atoms with van der Waals surface area (Å²) in [4.78, 5) is 0. The zero-order valence-corrected chi connectivity index (χ0v) is 9.25. The molecule has 0 aliphatic carbocycles. The third kappa shape index (κ3) is 2.06. The molecule has 0 amide bonds. The molecule has 0 spiro atoms. The first-order chi connectivity index (χ1) is 6.57. The lowest BCUT2D eigenvalue weighted by molar-refractivity contribution is 0.602. The lowest BCUT2D eigenvalue weighted by Crippen LogP contribution is -2.07. The molecule has 6 nitrogen and oxygen atoms in total. The number of rotatable bonds is 2. The summed E-state index contributed by atoms with van der Waals surface area (Å²) in [6, 6.07) is 0. The Kier molecular flexibility index (Phi) is 2.48. The molecule has 8 heteroatoms. The summed E-state index contributed by atoms with van der Waals surface area (Å²) in [6.07, 6.45) is 0.694. The first kappa shape index (κ1) is 9.91. The van der Waals surface area contributed by atoms with Gasteiger partial charge in [-0.2, -0.15) is 0 Å². The van der Waals surface area contributed by atoms with Gasteiger partial charge in [-0.1, -0.05) is 11.8 Å². The number of tetrazole rings is 1. The van der Waals surface area contributed by atoms with Crippen molar-refractivity contribution in [1.29, 1.82) is 0 Å². The Morgan fingerprint density at radius 2 is 2.36 bits per heavy atom. The number of hydrogen-bond donors (Lipinski definition) is 0. The van der Waals surface area contributed by atoms with Gasteiger partial charge in [0, 0.05) is 12.3 Å². The number of thioether (sulfide) groups is 1. The Hall–Kier alpha value is -0.630. The molecule has 0 bridgehead atoms. The molecule has 1 aromatic rings. The second kappa shape index (κ2) is 3.50. The highest BCUT2D eigenvalue weighted by molar-refractivity contribution is 8.01. The number of sulfone groups is 1. The van der Waals surface area contributed by atoms with Crippen molar-refractivity contribution in [1.82, 2.24) is 20.2 Å². The van der Waals surface area contributed by atoms with Gasteiger partial charge in [-0.3, -0.25) is 0 Å². The molecule has 0 unspecified atom stereocenters. The lowest BCUT2D eigenvalue weighted by atomic mass is 10.4. The van der Waals surface area contributed by atoms with Crippen molar-refractivity contribution in [2.75, 3.05) is 11.5 Å². The maximum Gasteiger partial charge on any atom is 0.209 e. The smallest absolute Gasteiger partial charge is 0.209 e. The third-order valence-corrected chi connectivity index (χ3v) is 5.32. The van der Waals surface area contributed by atoms with Crippen LogP contribution in [0.15, 0.2) is 5.16 Å². The molecule has 1 aliphatic rings. The van der Waals surface area contributed by atoms with Crippen LogP contribution in [-0.4, -0.2) is 45.4 Å². The minimum Gasteiger partial charge on any atom is -0.229 e. The van der Waals surface area contributed by atoms with Crippen LogP contribution in [0.2, 0.25) is 0 Å². The molecule has 0 aromatic carbocycles. The van der Waals surface area contributed by atoms with Crippen LogP contribution in [-0.2, 0) is 16.9 Å². The Morgan fingerprint density at radius 3 is 2.86 bits per heavy atom. The predicted octanol–water partition coefficient (Wildman–Crippen LogP) is -0.511. The van der Waals surface area contributed by atoms with Crippen molar-refractivity contribution >= 4 is 21.6 Å². The average Bonchev–Trinajstić information content (AvgIpc) is 2.61. The van der Waals surface area contributed by atoms with E-state index in [2.05, 4.69) is 15.5 Å². The van der Waals surface area contributed by atoms with Crippen LogP contribution < -0.4 is 0 Å². The van der Waals surface area contributed by atoms with Crippen molar-refractivity contribution in [2.45, 2.75) is 16.8 Å². The van der Waals surface area contributed by atoms with E-state index in [0.29, 0.717) is 11.6 Å². The Balaban J connectivity index is 2.04. The molecule has 0 N–H and O–H groups in total. The summed E-state index contributed by atoms with van der Waals surface area (Å²) in [5, 5.41) is 11.7. The van der Waals surface area contributed by atoms with Crippen molar-refractivity contribution in [2.24, 2.45) is 7.05 Å². The highest BCUT2D eigenvalue weighted by Gasteiger charge is 2.29. The standard InChI is InChI=1S/C6H10N4O2S2/c1-10-6(7-8-9-10)13-5-2-3-14(11,12)4-5/h5H,2-4H2,1H3/t5-/m0/s1. The minimum absolute atomic E-state index is 0.102. The Bertz CT molecular complexity index is 427. The normalized spacial score (nSPS) is 25.4. The van der Waals surface area contributed by atoms with E-state index in [4.69, 9.17) is 0 Å². The average molecular weight is 234 g/mol. The first-order valence-corrected chi connectivity index (χ1v) is 6.86. The maximum absolute atomic E-state index is 11.2. The maximum atomic E-state index is 11.2. The van der Waals surface area contributed by atoms with Gasteiger partial charge in [-0.25, -0.2) is 13.1 Å². The fourth-order valence-electron chi connectivity index (χ4n) is 1.32. The minimum atomic E-state index is -2.81. The van der Waals surface area contributed by atoms with Gasteiger partial charge in [0.2, 0.25) is 5.16 Å². The van der Waals surface area contributed by atoms with Gasteiger partial charge in [-0.05, 0) is 16.8 Å². The van der Waals surface area contributed by atoms with Gasteiger partial charge in [0.05, 0.1) is 11.5 Å². The zero-order valence-electron chi connectivity index (χ0n) is 7.62. The molecule has 1 fully saturated rings. The second-order valence-corrected chi connectivity index (χ2v) is 6.72. The Labute approximate surface area is 86.0 Å². The van der Waals surface area contributed by atoms with E-state index in [1.54, 1.807) is 11.7 Å². The van der Waals surface area contributed by atoms with E-state index in [1.165, 1.54) is 11.8 Å². The SMILES string of the molecule is Cn1nnnc1S[C@H]1CCS(=O)(=O)C1. The highest BCUT2D eigenvalue weighted by Crippen LogP contribution is 2.28. The third-order valence-electron chi connectivity index (χ3n) is 2.04. The van der Waals surface area contributed by atoms with E-state index >= 15 is 0 Å². The van der Waals surface area contributed by atoms with E-state index in [9.17, 15) is 8.42 Å². The monoisotopic (exact) mass is 234 g/mol. The Morgan fingerprint density at radius 1 is 1.57 bits per heavy atom. The first-order valence-electron chi connectivity index (χ1n) is 4.16. The van der Waals surface area contributed by atoms with Crippen molar-refractivity contribution in [3.05, 3.63) is 0 Å². The van der Waals surface area contributed by atoms with E-state index in [1.807, 2.05) is 0 Å². The van der Waals surface area contributed by atoms with Gasteiger partial charge in [0.15, 0.2) is 9.84 Å². The molecule has 1 saturated heterocycles. The van der Waals surface area contributed by atoms with Crippen LogP contribution in [0.1, 0.15) is 6.42 Å². The quantitative estimate of drug-likeness (QED) is 0.686. The predicted molar refractivity (Wildman–Crippen MR) is 51.7 cm³/mol. The summed E-state index contributed by atoms with van der Waals surface area (Å²) < 4.78 is 23.9. The van der Waals surface area contributed by atoms with E-state index in [-0.39, 0.29) is 16.8 Å². The molecule has 2 heterocycles. The number of nitrogens with zero attached hydrogens (tertiary/aromatic N) is 4. The van der Waals surface area contributed by atoms with Gasteiger partial charge in [0.25, 0.3) is 0 Å². The summed E-state index contributed by atoms with van der Waals surface area (Å²) in [5.41, 5.74) is 0. The summed E-state index contributed by atoms with van der Waals surface area (Å²) in [7, 11) is -1.07. The van der Waals surface area contributed by atoms with Crippen LogP contribution in [0.3, 0.4) is 0 Å².